The van der Waals surface area contributed by atoms with Crippen molar-refractivity contribution >= 4 is 0 Å². The largest absolute Gasteiger partial charge is 0.491 e. The second-order valence-electron chi connectivity index (χ2n) is 6.02. The molecule has 1 aromatic heterocycles. The summed E-state index contributed by atoms with van der Waals surface area (Å²) >= 11 is 0. The van der Waals surface area contributed by atoms with Crippen LogP contribution in [0.25, 0.3) is 0 Å². The number of halogens is 1. The summed E-state index contributed by atoms with van der Waals surface area (Å²) in [6, 6.07) is 6.14. The molecule has 0 saturated carbocycles. The zero-order valence-electron chi connectivity index (χ0n) is 13.2. The fourth-order valence-corrected chi connectivity index (χ4v) is 3.08. The molecule has 1 aliphatic rings. The van der Waals surface area contributed by atoms with Crippen molar-refractivity contribution in [2.75, 3.05) is 19.7 Å². The van der Waals surface area contributed by atoms with Crippen molar-refractivity contribution in [2.24, 2.45) is 7.05 Å². The number of aryl methyl sites for hydroxylation is 1. The second-order valence-corrected chi connectivity index (χ2v) is 6.02. The van der Waals surface area contributed by atoms with E-state index >= 15 is 0 Å². The molecule has 1 aromatic carbocycles. The molecule has 2 atom stereocenters. The Morgan fingerprint density at radius 2 is 2.17 bits per heavy atom. The van der Waals surface area contributed by atoms with Gasteiger partial charge in [0.15, 0.2) is 0 Å². The molecular formula is C17H22FN3O2. The van der Waals surface area contributed by atoms with Crippen molar-refractivity contribution in [2.45, 2.75) is 25.0 Å². The van der Waals surface area contributed by atoms with Crippen molar-refractivity contribution in [3.05, 3.63) is 48.0 Å². The molecule has 2 heterocycles. The third-order valence-corrected chi connectivity index (χ3v) is 4.17. The summed E-state index contributed by atoms with van der Waals surface area (Å²) in [6.45, 7) is 1.72. The summed E-state index contributed by atoms with van der Waals surface area (Å²) in [5, 5.41) is 14.5. The van der Waals surface area contributed by atoms with Crippen LogP contribution in [0.2, 0.25) is 0 Å². The van der Waals surface area contributed by atoms with E-state index in [0.717, 1.165) is 19.4 Å². The lowest BCUT2D eigenvalue weighted by Crippen LogP contribution is -2.35. The van der Waals surface area contributed by atoms with E-state index in [-0.39, 0.29) is 12.4 Å². The number of likely N-dealkylation sites (tertiary alicyclic amines) is 1. The van der Waals surface area contributed by atoms with Gasteiger partial charge in [0.1, 0.15) is 24.3 Å². The zero-order chi connectivity index (χ0) is 16.2. The minimum atomic E-state index is -0.586. The van der Waals surface area contributed by atoms with Crippen molar-refractivity contribution in [3.8, 4) is 5.75 Å². The molecule has 23 heavy (non-hydrogen) atoms. The van der Waals surface area contributed by atoms with Gasteiger partial charge in [0, 0.05) is 31.4 Å². The highest BCUT2D eigenvalue weighted by atomic mass is 19.1. The molecule has 0 bridgehead atoms. The third-order valence-electron chi connectivity index (χ3n) is 4.17. The highest BCUT2D eigenvalue weighted by molar-refractivity contribution is 5.22. The molecule has 1 saturated heterocycles. The van der Waals surface area contributed by atoms with Crippen molar-refractivity contribution < 1.29 is 14.2 Å². The van der Waals surface area contributed by atoms with E-state index < -0.39 is 6.10 Å². The number of aliphatic hydroxyl groups excluding tert-OH is 1. The van der Waals surface area contributed by atoms with E-state index in [0.29, 0.717) is 18.3 Å². The van der Waals surface area contributed by atoms with Crippen LogP contribution in [0.1, 0.15) is 24.4 Å². The fraction of sp³-hybridized carbons (Fsp3) is 0.471. The van der Waals surface area contributed by atoms with Gasteiger partial charge in [-0.15, -0.1) is 0 Å². The zero-order valence-corrected chi connectivity index (χ0v) is 13.2. The average molecular weight is 319 g/mol. The summed E-state index contributed by atoms with van der Waals surface area (Å²) in [6.07, 6.45) is 5.54. The molecule has 0 unspecified atom stereocenters. The van der Waals surface area contributed by atoms with Crippen LogP contribution in [0.15, 0.2) is 36.7 Å². The molecule has 0 amide bonds. The molecule has 0 aliphatic carbocycles. The summed E-state index contributed by atoms with van der Waals surface area (Å²) < 4.78 is 20.2. The molecule has 1 N–H and O–H groups in total. The van der Waals surface area contributed by atoms with Gasteiger partial charge in [0.25, 0.3) is 0 Å². The number of hydrogen-bond donors (Lipinski definition) is 1. The molecule has 3 rings (SSSR count). The van der Waals surface area contributed by atoms with Crippen LogP contribution in [0.3, 0.4) is 0 Å². The number of β-amino-alcohol motifs (C(OH)–C–C–N with tert-alkyl or cyclic N) is 1. The van der Waals surface area contributed by atoms with Gasteiger partial charge in [-0.3, -0.25) is 9.58 Å². The maximum atomic E-state index is 12.8. The molecule has 1 aliphatic heterocycles. The van der Waals surface area contributed by atoms with E-state index in [9.17, 15) is 9.50 Å². The Balaban J connectivity index is 1.52. The summed E-state index contributed by atoms with van der Waals surface area (Å²) in [5.74, 6) is 0.268. The Bertz CT molecular complexity index is 629. The number of hydrogen-bond acceptors (Lipinski definition) is 4. The van der Waals surface area contributed by atoms with E-state index in [1.54, 1.807) is 16.8 Å². The van der Waals surface area contributed by atoms with Gasteiger partial charge < -0.3 is 9.84 Å². The first-order valence-electron chi connectivity index (χ1n) is 7.91. The Labute approximate surface area is 135 Å². The summed E-state index contributed by atoms with van der Waals surface area (Å²) in [7, 11) is 1.91. The van der Waals surface area contributed by atoms with Crippen molar-refractivity contribution in [1.82, 2.24) is 14.7 Å². The molecular weight excluding hydrogens is 297 g/mol. The lowest BCUT2D eigenvalue weighted by molar-refractivity contribution is 0.0638. The summed E-state index contributed by atoms with van der Waals surface area (Å²) in [4.78, 5) is 2.27. The number of aliphatic hydroxyl groups is 1. The first kappa shape index (κ1) is 16.0. The SMILES string of the molecule is Cn1cc([C@@H]2CCCN2C[C@H](O)COc2ccc(F)cc2)cn1. The van der Waals surface area contributed by atoms with E-state index in [4.69, 9.17) is 4.74 Å². The first-order valence-corrected chi connectivity index (χ1v) is 7.91. The maximum Gasteiger partial charge on any atom is 0.123 e. The Hall–Kier alpha value is -1.92. The van der Waals surface area contributed by atoms with Crippen LogP contribution >= 0.6 is 0 Å². The van der Waals surface area contributed by atoms with Gasteiger partial charge in [-0.25, -0.2) is 4.39 Å². The number of benzene rings is 1. The van der Waals surface area contributed by atoms with Crippen LogP contribution in [0.4, 0.5) is 4.39 Å². The van der Waals surface area contributed by atoms with Gasteiger partial charge in [-0.1, -0.05) is 0 Å². The quantitative estimate of drug-likeness (QED) is 0.886. The number of rotatable bonds is 6. The molecule has 124 valence electrons. The third kappa shape index (κ3) is 4.09. The van der Waals surface area contributed by atoms with Crippen LogP contribution < -0.4 is 4.74 Å². The lowest BCUT2D eigenvalue weighted by Gasteiger charge is -2.26. The molecule has 0 spiro atoms. The minimum Gasteiger partial charge on any atom is -0.491 e. The van der Waals surface area contributed by atoms with E-state index in [1.165, 1.54) is 17.7 Å². The first-order chi connectivity index (χ1) is 11.1. The lowest BCUT2D eigenvalue weighted by atomic mass is 10.1. The van der Waals surface area contributed by atoms with Crippen molar-refractivity contribution in [3.63, 3.8) is 0 Å². The van der Waals surface area contributed by atoms with E-state index in [2.05, 4.69) is 10.00 Å². The van der Waals surface area contributed by atoms with Gasteiger partial charge in [-0.05, 0) is 43.7 Å². The average Bonchev–Trinajstić information content (AvgIpc) is 3.15. The molecule has 6 heteroatoms. The Kier molecular flexibility index (Phi) is 4.93. The predicted octanol–water partition coefficient (Wildman–Crippen LogP) is 2.14. The van der Waals surface area contributed by atoms with Gasteiger partial charge in [-0.2, -0.15) is 5.10 Å². The van der Waals surface area contributed by atoms with Gasteiger partial charge in [0.05, 0.1) is 6.20 Å². The smallest absolute Gasteiger partial charge is 0.123 e. The normalized spacial score (nSPS) is 19.9. The van der Waals surface area contributed by atoms with Gasteiger partial charge in [0.2, 0.25) is 0 Å². The molecule has 0 radical (unpaired) electrons. The van der Waals surface area contributed by atoms with Gasteiger partial charge >= 0.3 is 0 Å². The predicted molar refractivity (Wildman–Crippen MR) is 84.7 cm³/mol. The Morgan fingerprint density at radius 1 is 1.39 bits per heavy atom. The molecule has 5 nitrogen and oxygen atoms in total. The van der Waals surface area contributed by atoms with Crippen LogP contribution in [0.5, 0.6) is 5.75 Å². The Morgan fingerprint density at radius 3 is 2.87 bits per heavy atom. The van der Waals surface area contributed by atoms with Crippen molar-refractivity contribution in [1.29, 1.82) is 0 Å². The standard InChI is InChI=1S/C17H22FN3O2/c1-20-10-13(9-19-20)17-3-2-8-21(17)11-15(22)12-23-16-6-4-14(18)5-7-16/h4-7,9-10,15,17,22H,2-3,8,11-12H2,1H3/t15-,17-/m0/s1. The molecule has 1 fully saturated rings. The van der Waals surface area contributed by atoms with E-state index in [1.807, 2.05) is 19.4 Å². The number of ether oxygens (including phenoxy) is 1. The highest BCUT2D eigenvalue weighted by Gasteiger charge is 2.28. The van der Waals surface area contributed by atoms with Crippen LogP contribution in [-0.4, -0.2) is 45.6 Å². The molecule has 2 aromatic rings. The fourth-order valence-electron chi connectivity index (χ4n) is 3.08. The number of aromatic nitrogens is 2. The monoisotopic (exact) mass is 319 g/mol. The minimum absolute atomic E-state index is 0.196. The topological polar surface area (TPSA) is 50.5 Å². The highest BCUT2D eigenvalue weighted by Crippen LogP contribution is 2.31. The summed E-state index contributed by atoms with van der Waals surface area (Å²) in [5.41, 5.74) is 1.19. The number of nitrogens with zero attached hydrogens (tertiary/aromatic N) is 3. The maximum absolute atomic E-state index is 12.8. The van der Waals surface area contributed by atoms with Crippen LogP contribution in [0, 0.1) is 5.82 Å². The van der Waals surface area contributed by atoms with Crippen LogP contribution in [-0.2, 0) is 7.05 Å². The second kappa shape index (κ2) is 7.10.